The molecule has 1 aromatic rings. The maximum atomic E-state index is 12.6. The monoisotopic (exact) mass is 281 g/mol. The molecule has 5 heteroatoms. The Morgan fingerprint density at radius 1 is 1.11 bits per heavy atom. The molecule has 1 aromatic carbocycles. The maximum Gasteiger partial charge on any atom is 0.181 e. The van der Waals surface area contributed by atoms with E-state index in [1.165, 1.54) is 0 Å². The van der Waals surface area contributed by atoms with Gasteiger partial charge in [0.1, 0.15) is 5.75 Å². The molecule has 0 spiro atoms. The SMILES string of the molecule is COc1ccc(S(=O)(=O)C2CC3CCC(C2)N3)cc1. The lowest BCUT2D eigenvalue weighted by Gasteiger charge is -2.28. The summed E-state index contributed by atoms with van der Waals surface area (Å²) in [4.78, 5) is 0.416. The fraction of sp³-hybridized carbons (Fsp3) is 0.571. The van der Waals surface area contributed by atoms with E-state index in [0.717, 1.165) is 25.7 Å². The van der Waals surface area contributed by atoms with E-state index in [1.807, 2.05) is 0 Å². The number of benzene rings is 1. The highest BCUT2D eigenvalue weighted by Gasteiger charge is 2.40. The van der Waals surface area contributed by atoms with Crippen molar-refractivity contribution in [3.8, 4) is 5.75 Å². The van der Waals surface area contributed by atoms with E-state index in [2.05, 4.69) is 5.32 Å². The van der Waals surface area contributed by atoms with Gasteiger partial charge in [0.05, 0.1) is 17.3 Å². The largest absolute Gasteiger partial charge is 0.497 e. The van der Waals surface area contributed by atoms with Gasteiger partial charge in [0.15, 0.2) is 9.84 Å². The Morgan fingerprint density at radius 3 is 2.21 bits per heavy atom. The predicted molar refractivity (Wildman–Crippen MR) is 73.1 cm³/mol. The molecule has 2 fully saturated rings. The molecule has 19 heavy (non-hydrogen) atoms. The highest BCUT2D eigenvalue weighted by Crippen LogP contribution is 2.33. The van der Waals surface area contributed by atoms with Gasteiger partial charge in [-0.15, -0.1) is 0 Å². The third-order valence-corrected chi connectivity index (χ3v) is 6.45. The Hall–Kier alpha value is -1.07. The van der Waals surface area contributed by atoms with Gasteiger partial charge in [0.2, 0.25) is 0 Å². The van der Waals surface area contributed by atoms with Gasteiger partial charge >= 0.3 is 0 Å². The number of sulfone groups is 1. The van der Waals surface area contributed by atoms with Crippen LogP contribution in [0, 0.1) is 0 Å². The highest BCUT2D eigenvalue weighted by atomic mass is 32.2. The molecule has 0 amide bonds. The number of ether oxygens (including phenoxy) is 1. The van der Waals surface area contributed by atoms with E-state index in [1.54, 1.807) is 31.4 Å². The molecule has 1 N–H and O–H groups in total. The third-order valence-electron chi connectivity index (χ3n) is 4.26. The van der Waals surface area contributed by atoms with Gasteiger partial charge in [-0.05, 0) is 49.9 Å². The van der Waals surface area contributed by atoms with Crippen LogP contribution in [-0.4, -0.2) is 32.9 Å². The van der Waals surface area contributed by atoms with Crippen molar-refractivity contribution in [3.63, 3.8) is 0 Å². The van der Waals surface area contributed by atoms with E-state index < -0.39 is 9.84 Å². The molecule has 3 rings (SSSR count). The molecular weight excluding hydrogens is 262 g/mol. The number of rotatable bonds is 3. The molecule has 0 aromatic heterocycles. The summed E-state index contributed by atoms with van der Waals surface area (Å²) in [5.41, 5.74) is 0. The summed E-state index contributed by atoms with van der Waals surface area (Å²) in [6.07, 6.45) is 3.70. The van der Waals surface area contributed by atoms with Crippen molar-refractivity contribution in [2.45, 2.75) is 47.9 Å². The Balaban J connectivity index is 1.85. The van der Waals surface area contributed by atoms with E-state index in [0.29, 0.717) is 22.7 Å². The van der Waals surface area contributed by atoms with E-state index in [9.17, 15) is 8.42 Å². The zero-order chi connectivity index (χ0) is 13.5. The van der Waals surface area contributed by atoms with Gasteiger partial charge in [0.25, 0.3) is 0 Å². The van der Waals surface area contributed by atoms with Gasteiger partial charge in [-0.3, -0.25) is 0 Å². The Labute approximate surface area is 114 Å². The summed E-state index contributed by atoms with van der Waals surface area (Å²) < 4.78 is 30.3. The molecular formula is C14H19NO3S. The molecule has 0 radical (unpaired) electrons. The molecule has 104 valence electrons. The zero-order valence-electron chi connectivity index (χ0n) is 11.0. The molecule has 2 bridgehead atoms. The third kappa shape index (κ3) is 2.37. The molecule has 0 aliphatic carbocycles. The molecule has 2 aliphatic rings. The first-order chi connectivity index (χ1) is 9.09. The highest BCUT2D eigenvalue weighted by molar-refractivity contribution is 7.92. The Morgan fingerprint density at radius 2 is 1.68 bits per heavy atom. The first-order valence-electron chi connectivity index (χ1n) is 6.73. The fourth-order valence-corrected chi connectivity index (χ4v) is 5.09. The van der Waals surface area contributed by atoms with Crippen LogP contribution in [0.25, 0.3) is 0 Å². The van der Waals surface area contributed by atoms with Crippen molar-refractivity contribution in [2.75, 3.05) is 7.11 Å². The van der Waals surface area contributed by atoms with Crippen LogP contribution in [0.1, 0.15) is 25.7 Å². The summed E-state index contributed by atoms with van der Waals surface area (Å²) in [5.74, 6) is 0.685. The summed E-state index contributed by atoms with van der Waals surface area (Å²) in [6, 6.07) is 7.50. The van der Waals surface area contributed by atoms with Crippen molar-refractivity contribution >= 4 is 9.84 Å². The zero-order valence-corrected chi connectivity index (χ0v) is 11.8. The van der Waals surface area contributed by atoms with Crippen LogP contribution in [0.4, 0.5) is 0 Å². The van der Waals surface area contributed by atoms with Crippen LogP contribution < -0.4 is 10.1 Å². The van der Waals surface area contributed by atoms with Crippen molar-refractivity contribution < 1.29 is 13.2 Å². The van der Waals surface area contributed by atoms with Gasteiger partial charge in [-0.25, -0.2) is 8.42 Å². The number of hydrogen-bond acceptors (Lipinski definition) is 4. The normalized spacial score (nSPS) is 30.3. The second-order valence-electron chi connectivity index (χ2n) is 5.45. The first-order valence-corrected chi connectivity index (χ1v) is 8.28. The van der Waals surface area contributed by atoms with E-state index in [-0.39, 0.29) is 5.25 Å². The minimum atomic E-state index is -3.21. The smallest absolute Gasteiger partial charge is 0.181 e. The van der Waals surface area contributed by atoms with Crippen LogP contribution in [0.3, 0.4) is 0 Å². The van der Waals surface area contributed by atoms with Gasteiger partial charge in [0, 0.05) is 12.1 Å². The van der Waals surface area contributed by atoms with Crippen LogP contribution in [0.15, 0.2) is 29.2 Å². The van der Waals surface area contributed by atoms with Crippen molar-refractivity contribution in [1.29, 1.82) is 0 Å². The number of fused-ring (bicyclic) bond motifs is 2. The van der Waals surface area contributed by atoms with Crippen molar-refractivity contribution in [1.82, 2.24) is 5.32 Å². The summed E-state index contributed by atoms with van der Waals surface area (Å²) in [5, 5.41) is 3.24. The van der Waals surface area contributed by atoms with Gasteiger partial charge in [-0.1, -0.05) is 0 Å². The second kappa shape index (κ2) is 4.80. The Bertz CT molecular complexity index is 541. The fourth-order valence-electron chi connectivity index (χ4n) is 3.22. The molecule has 2 aliphatic heterocycles. The van der Waals surface area contributed by atoms with E-state index >= 15 is 0 Å². The summed E-state index contributed by atoms with van der Waals surface area (Å²) >= 11 is 0. The number of nitrogens with one attached hydrogen (secondary N) is 1. The standard InChI is InChI=1S/C14H19NO3S/c1-18-12-4-6-13(7-5-12)19(16,17)14-8-10-2-3-11(9-14)15-10/h4-7,10-11,14-15H,2-3,8-9H2,1H3. The average molecular weight is 281 g/mol. The molecule has 2 unspecified atom stereocenters. The molecule has 2 saturated heterocycles. The summed E-state index contributed by atoms with van der Waals surface area (Å²) in [7, 11) is -1.63. The first kappa shape index (κ1) is 12.9. The van der Waals surface area contributed by atoms with Crippen LogP contribution in [0.2, 0.25) is 0 Å². The van der Waals surface area contributed by atoms with Gasteiger partial charge < -0.3 is 10.1 Å². The molecule has 0 saturated carbocycles. The molecule has 4 nitrogen and oxygen atoms in total. The molecule has 2 atom stereocenters. The minimum Gasteiger partial charge on any atom is -0.497 e. The topological polar surface area (TPSA) is 55.4 Å². The van der Waals surface area contributed by atoms with Crippen LogP contribution in [0.5, 0.6) is 5.75 Å². The molecule has 2 heterocycles. The summed E-state index contributed by atoms with van der Waals surface area (Å²) in [6.45, 7) is 0. The maximum absolute atomic E-state index is 12.6. The second-order valence-corrected chi connectivity index (χ2v) is 7.68. The lowest BCUT2D eigenvalue weighted by Crippen LogP contribution is -2.43. The lowest BCUT2D eigenvalue weighted by atomic mass is 10.1. The Kier molecular flexibility index (Phi) is 3.27. The quantitative estimate of drug-likeness (QED) is 0.917. The lowest BCUT2D eigenvalue weighted by molar-refractivity contribution is 0.400. The number of piperidine rings is 1. The van der Waals surface area contributed by atoms with Crippen molar-refractivity contribution in [2.24, 2.45) is 0 Å². The average Bonchev–Trinajstić information content (AvgIpc) is 2.77. The number of hydrogen-bond donors (Lipinski definition) is 1. The van der Waals surface area contributed by atoms with Gasteiger partial charge in [-0.2, -0.15) is 0 Å². The minimum absolute atomic E-state index is 0.236. The van der Waals surface area contributed by atoms with Crippen molar-refractivity contribution in [3.05, 3.63) is 24.3 Å². The van der Waals surface area contributed by atoms with E-state index in [4.69, 9.17) is 4.74 Å². The number of methoxy groups -OCH3 is 1. The van der Waals surface area contributed by atoms with Crippen LogP contribution >= 0.6 is 0 Å². The van der Waals surface area contributed by atoms with Crippen LogP contribution in [-0.2, 0) is 9.84 Å². The predicted octanol–water partition coefficient (Wildman–Crippen LogP) is 1.75.